The quantitative estimate of drug-likeness (QED) is 0.347. The van der Waals surface area contributed by atoms with Crippen LogP contribution in [0.1, 0.15) is 32.1 Å². The molecule has 156 valence electrons. The van der Waals surface area contributed by atoms with E-state index in [1.807, 2.05) is 51.1 Å². The molecule has 7 nitrogen and oxygen atoms in total. The van der Waals surface area contributed by atoms with Gasteiger partial charge in [0.2, 0.25) is 5.91 Å². The molecule has 0 saturated heterocycles. The van der Waals surface area contributed by atoms with E-state index >= 15 is 0 Å². The minimum Gasteiger partial charge on any atom is -0.467 e. The van der Waals surface area contributed by atoms with Gasteiger partial charge in [-0.1, -0.05) is 51.1 Å². The number of carbonyl (C=O) groups excluding carboxylic acids is 1. The highest BCUT2D eigenvalue weighted by Crippen LogP contribution is 2.15. The number of rotatable bonds is 8. The van der Waals surface area contributed by atoms with E-state index in [0.29, 0.717) is 12.4 Å². The van der Waals surface area contributed by atoms with Crippen molar-refractivity contribution in [3.63, 3.8) is 0 Å². The van der Waals surface area contributed by atoms with Crippen LogP contribution >= 0.6 is 12.2 Å². The summed E-state index contributed by atoms with van der Waals surface area (Å²) in [6, 6.07) is 12.5. The number of furan rings is 1. The lowest BCUT2D eigenvalue weighted by atomic mass is 9.95. The van der Waals surface area contributed by atoms with Crippen molar-refractivity contribution in [3.05, 3.63) is 60.1 Å². The second kappa shape index (κ2) is 10.2. The first-order chi connectivity index (χ1) is 13.7. The number of hydrogen-bond acceptors (Lipinski definition) is 5. The first kappa shape index (κ1) is 22.6. The topological polar surface area (TPSA) is 105 Å². The fourth-order valence-electron chi connectivity index (χ4n) is 2.46. The van der Waals surface area contributed by atoms with E-state index in [0.717, 1.165) is 5.56 Å². The molecule has 0 spiro atoms. The summed E-state index contributed by atoms with van der Waals surface area (Å²) >= 11 is 5.13. The molecular weight excluding hydrogens is 388 g/mol. The molecule has 8 heteroatoms. The molecule has 1 aromatic heterocycles. The first-order valence-corrected chi connectivity index (χ1v) is 9.69. The Kier molecular flexibility index (Phi) is 7.92. The summed E-state index contributed by atoms with van der Waals surface area (Å²) in [4.78, 5) is 14.0. The van der Waals surface area contributed by atoms with Crippen LogP contribution in [0, 0.1) is 10.8 Å². The van der Waals surface area contributed by atoms with Crippen molar-refractivity contribution in [2.24, 2.45) is 11.1 Å². The molecule has 0 aliphatic rings. The van der Waals surface area contributed by atoms with Gasteiger partial charge in [-0.05, 0) is 29.9 Å². The maximum absolute atomic E-state index is 12.6. The summed E-state index contributed by atoms with van der Waals surface area (Å²) in [6.45, 7) is 6.09. The molecule has 0 fully saturated rings. The Morgan fingerprint density at radius 2 is 1.97 bits per heavy atom. The third-order valence-electron chi connectivity index (χ3n) is 4.16. The molecule has 4 N–H and O–H groups in total. The van der Waals surface area contributed by atoms with Gasteiger partial charge in [0, 0.05) is 5.41 Å². The van der Waals surface area contributed by atoms with Crippen LogP contribution in [0.4, 0.5) is 0 Å². The average Bonchev–Trinajstić information content (AvgIpc) is 3.18. The van der Waals surface area contributed by atoms with Crippen molar-refractivity contribution < 1.29 is 13.9 Å². The van der Waals surface area contributed by atoms with Crippen molar-refractivity contribution >= 4 is 29.1 Å². The molecular formula is C21H28N4O3S. The molecule has 2 aromatic rings. The maximum atomic E-state index is 12.6. The Labute approximate surface area is 176 Å². The van der Waals surface area contributed by atoms with Gasteiger partial charge in [0.05, 0.1) is 26.0 Å². The molecule has 0 aliphatic heterocycles. The van der Waals surface area contributed by atoms with Crippen LogP contribution in [0.2, 0.25) is 0 Å². The van der Waals surface area contributed by atoms with E-state index in [9.17, 15) is 4.79 Å². The fourth-order valence-corrected chi connectivity index (χ4v) is 2.62. The lowest BCUT2D eigenvalue weighted by Crippen LogP contribution is -2.55. The predicted molar refractivity (Wildman–Crippen MR) is 116 cm³/mol. The minimum atomic E-state index is -0.720. The summed E-state index contributed by atoms with van der Waals surface area (Å²) in [5.74, 6) is 0.449. The van der Waals surface area contributed by atoms with E-state index in [2.05, 4.69) is 5.32 Å². The summed E-state index contributed by atoms with van der Waals surface area (Å²) in [6.07, 6.45) is 1.54. The Balaban J connectivity index is 2.13. The van der Waals surface area contributed by atoms with Gasteiger partial charge in [0.15, 0.2) is 5.11 Å². The number of benzene rings is 1. The van der Waals surface area contributed by atoms with E-state index < -0.39 is 11.5 Å². The number of thiocarbonyl (C=S) groups is 1. The zero-order chi connectivity index (χ0) is 21.4. The van der Waals surface area contributed by atoms with Crippen LogP contribution in [-0.4, -0.2) is 34.4 Å². The smallest absolute Gasteiger partial charge is 0.226 e. The number of hydrogen-bond donors (Lipinski definition) is 3. The van der Waals surface area contributed by atoms with Crippen molar-refractivity contribution in [1.29, 1.82) is 5.41 Å². The number of nitrogens with zero attached hydrogens (tertiary/aromatic N) is 1. The van der Waals surface area contributed by atoms with Crippen LogP contribution < -0.4 is 11.1 Å². The lowest BCUT2D eigenvalue weighted by molar-refractivity contribution is -0.129. The van der Waals surface area contributed by atoms with Gasteiger partial charge >= 0.3 is 0 Å². The van der Waals surface area contributed by atoms with Crippen LogP contribution in [-0.2, 0) is 22.7 Å². The van der Waals surface area contributed by atoms with Gasteiger partial charge in [-0.2, -0.15) is 0 Å². The molecule has 0 aliphatic carbocycles. The van der Waals surface area contributed by atoms with Gasteiger partial charge in [-0.15, -0.1) is 0 Å². The van der Waals surface area contributed by atoms with Gasteiger partial charge in [0.1, 0.15) is 17.6 Å². The van der Waals surface area contributed by atoms with E-state index in [-0.39, 0.29) is 30.0 Å². The second-order valence-electron chi connectivity index (χ2n) is 7.67. The average molecular weight is 417 g/mol. The van der Waals surface area contributed by atoms with Gasteiger partial charge < -0.3 is 20.2 Å². The van der Waals surface area contributed by atoms with E-state index in [1.165, 1.54) is 4.90 Å². The number of carbonyl (C=O) groups is 1. The molecule has 0 radical (unpaired) electrons. The number of amides is 1. The second-order valence-corrected chi connectivity index (χ2v) is 8.08. The number of nitrogens with one attached hydrogen (secondary N) is 2. The summed E-state index contributed by atoms with van der Waals surface area (Å²) in [5, 5.41) is 11.5. The van der Waals surface area contributed by atoms with E-state index in [4.69, 9.17) is 32.5 Å². The first-order valence-electron chi connectivity index (χ1n) is 9.29. The summed E-state index contributed by atoms with van der Waals surface area (Å²) in [5.41, 5.74) is 6.23. The van der Waals surface area contributed by atoms with Crippen LogP contribution in [0.15, 0.2) is 53.1 Å². The van der Waals surface area contributed by atoms with Gasteiger partial charge in [0.25, 0.3) is 0 Å². The normalized spacial score (nSPS) is 12.2. The highest BCUT2D eigenvalue weighted by atomic mass is 32.1. The lowest BCUT2D eigenvalue weighted by Gasteiger charge is -2.30. The highest BCUT2D eigenvalue weighted by Gasteiger charge is 2.29. The fraction of sp³-hybridized carbons (Fsp3) is 0.381. The molecule has 1 amide bonds. The molecule has 0 saturated carbocycles. The zero-order valence-corrected chi connectivity index (χ0v) is 17.8. The molecule has 1 heterocycles. The van der Waals surface area contributed by atoms with Gasteiger partial charge in [-0.25, -0.2) is 0 Å². The van der Waals surface area contributed by atoms with Crippen molar-refractivity contribution in [2.75, 3.05) is 6.61 Å². The monoisotopic (exact) mass is 416 g/mol. The maximum Gasteiger partial charge on any atom is 0.226 e. The molecule has 2 rings (SSSR count). The molecule has 0 bridgehead atoms. The van der Waals surface area contributed by atoms with Crippen LogP contribution in [0.25, 0.3) is 0 Å². The Hall–Kier alpha value is -2.71. The molecule has 1 aromatic carbocycles. The summed E-state index contributed by atoms with van der Waals surface area (Å²) < 4.78 is 11.1. The van der Waals surface area contributed by atoms with Gasteiger partial charge in [-0.3, -0.25) is 15.1 Å². The standard InChI is InChI=1S/C21H28N4O3S/c1-21(2,3)19(26)24-17(14-27-13-15-8-5-4-6-9-15)18(22)25(20(23)29)12-16-10-7-11-28-16/h4-11,17,22H,12-14H2,1-3H3,(H2,23,29)(H,24,26). The molecule has 29 heavy (non-hydrogen) atoms. The minimum absolute atomic E-state index is 0.0180. The third kappa shape index (κ3) is 6.99. The number of ether oxygens (including phenoxy) is 1. The Bertz CT molecular complexity index is 816. The number of amidine groups is 1. The van der Waals surface area contributed by atoms with Crippen molar-refractivity contribution in [2.45, 2.75) is 40.0 Å². The van der Waals surface area contributed by atoms with Crippen molar-refractivity contribution in [3.8, 4) is 0 Å². The highest BCUT2D eigenvalue weighted by molar-refractivity contribution is 7.80. The zero-order valence-electron chi connectivity index (χ0n) is 17.0. The van der Waals surface area contributed by atoms with Crippen LogP contribution in [0.3, 0.4) is 0 Å². The Morgan fingerprint density at radius 3 is 2.52 bits per heavy atom. The Morgan fingerprint density at radius 1 is 1.28 bits per heavy atom. The third-order valence-corrected chi connectivity index (χ3v) is 4.38. The van der Waals surface area contributed by atoms with Crippen LogP contribution in [0.5, 0.6) is 0 Å². The summed E-state index contributed by atoms with van der Waals surface area (Å²) in [7, 11) is 0. The predicted octanol–water partition coefficient (Wildman–Crippen LogP) is 3.05. The SMILES string of the molecule is CC(C)(C)C(=O)NC(COCc1ccccc1)C(=N)N(Cc1ccco1)C(N)=S. The van der Waals surface area contributed by atoms with Crippen molar-refractivity contribution in [1.82, 2.24) is 10.2 Å². The molecule has 1 atom stereocenters. The van der Waals surface area contributed by atoms with E-state index in [1.54, 1.807) is 18.4 Å². The molecule has 1 unspecified atom stereocenters. The largest absolute Gasteiger partial charge is 0.467 e. The number of nitrogens with two attached hydrogens (primary N) is 1.